The molecule has 0 saturated heterocycles. The van der Waals surface area contributed by atoms with E-state index in [1.165, 1.54) is 12.1 Å². The Labute approximate surface area is 264 Å². The molecule has 4 N–H and O–H groups in total. The first-order chi connectivity index (χ1) is 20.9. The lowest BCUT2D eigenvalue weighted by Gasteiger charge is -2.41. The predicted molar refractivity (Wildman–Crippen MR) is 177 cm³/mol. The van der Waals surface area contributed by atoms with E-state index >= 15 is 0 Å². The number of nitrogens with one attached hydrogen (secondary N) is 3. The second-order valence-corrected chi connectivity index (χ2v) is 16.2. The molecule has 2 aliphatic rings. The van der Waals surface area contributed by atoms with Gasteiger partial charge in [0, 0.05) is 17.8 Å². The molecule has 238 valence electrons. The number of aryl methyl sites for hydroxylation is 2. The summed E-state index contributed by atoms with van der Waals surface area (Å²) in [5, 5.41) is 18.1. The van der Waals surface area contributed by atoms with Gasteiger partial charge in [-0.15, -0.1) is 4.40 Å². The average molecular weight is 651 g/mol. The van der Waals surface area contributed by atoms with Crippen LogP contribution in [0.2, 0.25) is 0 Å². The highest BCUT2D eigenvalue weighted by molar-refractivity contribution is 7.92. The molecule has 12 heteroatoms. The summed E-state index contributed by atoms with van der Waals surface area (Å²) in [6, 6.07) is 17.0. The molecule has 3 aromatic rings. The van der Waals surface area contributed by atoms with Gasteiger partial charge >= 0.3 is 0 Å². The van der Waals surface area contributed by atoms with Gasteiger partial charge in [0.2, 0.25) is 10.0 Å². The van der Waals surface area contributed by atoms with E-state index in [2.05, 4.69) is 40.5 Å². The van der Waals surface area contributed by atoms with Crippen LogP contribution in [0.3, 0.4) is 0 Å². The van der Waals surface area contributed by atoms with Crippen LogP contribution < -0.4 is 15.4 Å². The van der Waals surface area contributed by atoms with Crippen molar-refractivity contribution in [3.05, 3.63) is 94.1 Å². The zero-order valence-electron chi connectivity index (χ0n) is 26.1. The number of hydrogen-bond acceptors (Lipinski definition) is 8. The van der Waals surface area contributed by atoms with E-state index in [0.717, 1.165) is 29.0 Å². The number of rotatable bonds is 8. The van der Waals surface area contributed by atoms with E-state index in [1.54, 1.807) is 12.1 Å². The molecule has 1 unspecified atom stereocenters. The summed E-state index contributed by atoms with van der Waals surface area (Å²) < 4.78 is 56.6. The molecule has 0 spiro atoms. The maximum Gasteiger partial charge on any atom is 0.286 e. The van der Waals surface area contributed by atoms with Crippen molar-refractivity contribution >= 4 is 48.8 Å². The minimum atomic E-state index is -4.41. The van der Waals surface area contributed by atoms with E-state index in [1.807, 2.05) is 44.2 Å². The van der Waals surface area contributed by atoms with Crippen LogP contribution in [0.5, 0.6) is 0 Å². The predicted octanol–water partition coefficient (Wildman–Crippen LogP) is 5.55. The number of fused-ring (bicyclic) bond motifs is 2. The van der Waals surface area contributed by atoms with Crippen molar-refractivity contribution in [3.63, 3.8) is 0 Å². The average Bonchev–Trinajstić information content (AvgIpc) is 2.93. The molecule has 0 fully saturated rings. The van der Waals surface area contributed by atoms with Crippen LogP contribution in [0, 0.1) is 19.3 Å². The van der Waals surface area contributed by atoms with Gasteiger partial charge in [-0.05, 0) is 72.6 Å². The molecular weight excluding hydrogens is 613 g/mol. The van der Waals surface area contributed by atoms with Crippen molar-refractivity contribution in [3.8, 4) is 0 Å². The van der Waals surface area contributed by atoms with Gasteiger partial charge < -0.3 is 10.4 Å². The van der Waals surface area contributed by atoms with Crippen molar-refractivity contribution in [2.75, 3.05) is 16.3 Å². The number of nitrogens with zero attached hydrogens (tertiary/aromatic N) is 1. The number of Topliss-reactive ketones (excluding diaryl/α,β-unsaturated/α-hetero) is 1. The fraction of sp³-hybridized carbons (Fsp3) is 0.333. The Bertz CT molecular complexity index is 1970. The molecule has 3 aromatic carbocycles. The number of aliphatic hydroxyl groups is 1. The third-order valence-electron chi connectivity index (χ3n) is 8.22. The number of anilines is 2. The number of carbonyl (C=O) groups excluding carboxylic acids is 1. The van der Waals surface area contributed by atoms with Crippen LogP contribution >= 0.6 is 0 Å². The summed E-state index contributed by atoms with van der Waals surface area (Å²) in [5.74, 6) is -1.19. The first-order valence-corrected chi connectivity index (χ1v) is 17.9. The lowest BCUT2D eigenvalue weighted by Crippen LogP contribution is -2.54. The van der Waals surface area contributed by atoms with Gasteiger partial charge in [0.25, 0.3) is 10.0 Å². The third-order valence-corrected chi connectivity index (χ3v) is 10.1. The zero-order chi connectivity index (χ0) is 32.9. The van der Waals surface area contributed by atoms with Crippen LogP contribution in [0.15, 0.2) is 75.5 Å². The van der Waals surface area contributed by atoms with Crippen LogP contribution in [-0.2, 0) is 36.9 Å². The SMILES string of the molecule is Cc1cccc(C)c1CNC1(CCC(C)(C)C)C(=O)C(C2=NS(=O)(=O)c3cc(NS(C)(=O)=O)ccc3N2)=C(O)c2ccccc21. The number of hydrogen-bond donors (Lipinski definition) is 4. The summed E-state index contributed by atoms with van der Waals surface area (Å²) in [7, 11) is -8.07. The van der Waals surface area contributed by atoms with Gasteiger partial charge in [-0.2, -0.15) is 8.42 Å². The Balaban J connectivity index is 1.66. The molecule has 1 atom stereocenters. The minimum absolute atomic E-state index is 0.0434. The second-order valence-electron chi connectivity index (χ2n) is 12.9. The van der Waals surface area contributed by atoms with Crippen LogP contribution in [0.4, 0.5) is 11.4 Å². The quantitative estimate of drug-likeness (QED) is 0.248. The first-order valence-electron chi connectivity index (χ1n) is 14.5. The van der Waals surface area contributed by atoms with Crippen LogP contribution in [-0.4, -0.2) is 39.8 Å². The molecule has 0 radical (unpaired) electrons. The van der Waals surface area contributed by atoms with E-state index < -0.39 is 31.4 Å². The third kappa shape index (κ3) is 6.40. The van der Waals surface area contributed by atoms with Gasteiger partial charge in [-0.1, -0.05) is 63.2 Å². The molecule has 0 aromatic heterocycles. The Morgan fingerprint density at radius 1 is 1.00 bits per heavy atom. The highest BCUT2D eigenvalue weighted by atomic mass is 32.2. The van der Waals surface area contributed by atoms with Crippen molar-refractivity contribution in [2.24, 2.45) is 9.81 Å². The highest BCUT2D eigenvalue weighted by Crippen LogP contribution is 2.44. The molecule has 45 heavy (non-hydrogen) atoms. The molecule has 5 rings (SSSR count). The Hall–Kier alpha value is -4.00. The van der Waals surface area contributed by atoms with Crippen molar-refractivity contribution < 1.29 is 26.7 Å². The number of sulfonamides is 2. The normalized spacial score (nSPS) is 19.3. The van der Waals surface area contributed by atoms with Crippen molar-refractivity contribution in [1.29, 1.82) is 0 Å². The Kier molecular flexibility index (Phi) is 8.22. The monoisotopic (exact) mass is 650 g/mol. The van der Waals surface area contributed by atoms with E-state index in [0.29, 0.717) is 30.5 Å². The Morgan fingerprint density at radius 2 is 1.67 bits per heavy atom. The maximum atomic E-state index is 14.9. The zero-order valence-corrected chi connectivity index (χ0v) is 27.8. The van der Waals surface area contributed by atoms with Gasteiger partial charge in [-0.25, -0.2) is 8.42 Å². The van der Waals surface area contributed by atoms with Gasteiger partial charge in [0.05, 0.1) is 11.9 Å². The molecule has 10 nitrogen and oxygen atoms in total. The standard InChI is InChI=1S/C33H38N4O6S2/c1-20-10-9-11-21(2)24(20)19-34-33(17-16-32(3,4)5)25-13-8-7-12-23(25)29(38)28(30(33)39)31-35-26-15-14-22(36-44(6,40)41)18-27(26)45(42,43)37-31/h7-15,18,34,36,38H,16-17,19H2,1-6H3,(H,35,37). The fourth-order valence-electron chi connectivity index (χ4n) is 5.85. The summed E-state index contributed by atoms with van der Waals surface area (Å²) in [6.45, 7) is 10.6. The lowest BCUT2D eigenvalue weighted by atomic mass is 9.69. The molecule has 1 aliphatic carbocycles. The van der Waals surface area contributed by atoms with Crippen molar-refractivity contribution in [1.82, 2.24) is 5.32 Å². The van der Waals surface area contributed by atoms with E-state index in [4.69, 9.17) is 0 Å². The van der Waals surface area contributed by atoms with E-state index in [-0.39, 0.29) is 38.9 Å². The second kappa shape index (κ2) is 11.4. The summed E-state index contributed by atoms with van der Waals surface area (Å²) in [5.41, 5.74) is 2.59. The molecule has 0 amide bonds. The van der Waals surface area contributed by atoms with E-state index in [9.17, 15) is 26.7 Å². The van der Waals surface area contributed by atoms with Crippen molar-refractivity contribution in [2.45, 2.75) is 64.4 Å². The maximum absolute atomic E-state index is 14.9. The van der Waals surface area contributed by atoms with Crippen LogP contribution in [0.25, 0.3) is 5.76 Å². The summed E-state index contributed by atoms with van der Waals surface area (Å²) in [4.78, 5) is 14.6. The molecule has 0 bridgehead atoms. The smallest absolute Gasteiger partial charge is 0.286 e. The molecule has 1 heterocycles. The number of benzene rings is 3. The number of aliphatic hydroxyl groups excluding tert-OH is 1. The first kappa shape index (κ1) is 32.4. The Morgan fingerprint density at radius 3 is 2.31 bits per heavy atom. The largest absolute Gasteiger partial charge is 0.506 e. The number of carbonyl (C=O) groups is 1. The van der Waals surface area contributed by atoms with Gasteiger partial charge in [-0.3, -0.25) is 14.8 Å². The van der Waals surface area contributed by atoms with Gasteiger partial charge in [0.15, 0.2) is 11.6 Å². The minimum Gasteiger partial charge on any atom is -0.506 e. The fourth-order valence-corrected chi connectivity index (χ4v) is 7.55. The summed E-state index contributed by atoms with van der Waals surface area (Å²) in [6.07, 6.45) is 1.96. The summed E-state index contributed by atoms with van der Waals surface area (Å²) >= 11 is 0. The van der Waals surface area contributed by atoms with Crippen LogP contribution in [0.1, 0.15) is 61.4 Å². The number of amidine groups is 1. The molecular formula is C33H38N4O6S2. The topological polar surface area (TPSA) is 154 Å². The highest BCUT2D eigenvalue weighted by Gasteiger charge is 2.50. The van der Waals surface area contributed by atoms with Gasteiger partial charge in [0.1, 0.15) is 21.8 Å². The molecule has 1 aliphatic heterocycles. The molecule has 0 saturated carbocycles. The lowest BCUT2D eigenvalue weighted by molar-refractivity contribution is -0.122. The number of ketones is 1.